The highest BCUT2D eigenvalue weighted by atomic mass is 79.9. The molecule has 0 fully saturated rings. The van der Waals surface area contributed by atoms with Crippen LogP contribution in [0, 0.1) is 0 Å². The Labute approximate surface area is 143 Å². The van der Waals surface area contributed by atoms with E-state index in [2.05, 4.69) is 51.8 Å². The second kappa shape index (κ2) is 7.97. The van der Waals surface area contributed by atoms with Gasteiger partial charge in [0.25, 0.3) is 0 Å². The molecule has 0 heterocycles. The molecule has 0 amide bonds. The van der Waals surface area contributed by atoms with Gasteiger partial charge >= 0.3 is 0 Å². The van der Waals surface area contributed by atoms with Gasteiger partial charge in [-0.15, -0.1) is 11.8 Å². The number of ether oxygens (including phenoxy) is 1. The number of rotatable bonds is 6. The Morgan fingerprint density at radius 1 is 1.24 bits per heavy atom. The summed E-state index contributed by atoms with van der Waals surface area (Å²) in [4.78, 5) is 1.26. The monoisotopic (exact) mass is 385 g/mol. The molecule has 0 radical (unpaired) electrons. The highest BCUT2D eigenvalue weighted by Gasteiger charge is 2.10. The largest absolute Gasteiger partial charge is 0.491 e. The van der Waals surface area contributed by atoms with Gasteiger partial charge in [0.2, 0.25) is 0 Å². The number of benzene rings is 2. The van der Waals surface area contributed by atoms with Gasteiger partial charge in [0.15, 0.2) is 5.75 Å². The summed E-state index contributed by atoms with van der Waals surface area (Å²) < 4.78 is 6.53. The smallest absolute Gasteiger partial charge is 0.156 e. The summed E-state index contributed by atoms with van der Waals surface area (Å²) in [5, 5.41) is 4.06. The number of nitrogens with one attached hydrogen (secondary N) is 1. The molecule has 0 aliphatic carbocycles. The minimum Gasteiger partial charge on any atom is -0.491 e. The molecular weight excluding hydrogens is 370 g/mol. The highest BCUT2D eigenvalue weighted by Crippen LogP contribution is 2.36. The highest BCUT2D eigenvalue weighted by molar-refractivity contribution is 9.10. The van der Waals surface area contributed by atoms with Gasteiger partial charge in [0, 0.05) is 16.5 Å². The molecule has 21 heavy (non-hydrogen) atoms. The van der Waals surface area contributed by atoms with Gasteiger partial charge in [0.05, 0.1) is 16.8 Å². The molecule has 0 bridgehead atoms. The van der Waals surface area contributed by atoms with Crippen molar-refractivity contribution in [3.8, 4) is 5.75 Å². The van der Waals surface area contributed by atoms with Crippen LogP contribution in [0.5, 0.6) is 5.75 Å². The Morgan fingerprint density at radius 2 is 1.95 bits per heavy atom. The molecule has 112 valence electrons. The lowest BCUT2D eigenvalue weighted by molar-refractivity contribution is 0.339. The van der Waals surface area contributed by atoms with Crippen molar-refractivity contribution in [2.24, 2.45) is 0 Å². The van der Waals surface area contributed by atoms with Crippen LogP contribution in [0.1, 0.15) is 12.5 Å². The molecule has 0 aliphatic rings. The van der Waals surface area contributed by atoms with Crippen molar-refractivity contribution in [3.05, 3.63) is 51.5 Å². The third-order valence-electron chi connectivity index (χ3n) is 2.94. The number of hydrogen-bond donors (Lipinski definition) is 1. The molecular formula is C16H17BrClNOS. The standard InChI is InChI=1S/C16H17BrClNOS/c1-3-20-16-14(17)8-12(18)9-15(16)19-10-11-4-6-13(21-2)7-5-11/h4-9,19H,3,10H2,1-2H3. The molecule has 0 spiro atoms. The van der Waals surface area contributed by atoms with Crippen LogP contribution < -0.4 is 10.1 Å². The lowest BCUT2D eigenvalue weighted by atomic mass is 10.2. The molecule has 0 atom stereocenters. The maximum absolute atomic E-state index is 6.12. The van der Waals surface area contributed by atoms with Crippen molar-refractivity contribution >= 4 is 45.0 Å². The first kappa shape index (κ1) is 16.5. The van der Waals surface area contributed by atoms with Gasteiger partial charge in [-0.05, 0) is 58.9 Å². The van der Waals surface area contributed by atoms with Crippen LogP contribution in [0.3, 0.4) is 0 Å². The summed E-state index contributed by atoms with van der Waals surface area (Å²) in [5.41, 5.74) is 2.11. The molecule has 0 saturated heterocycles. The van der Waals surface area contributed by atoms with E-state index in [1.165, 1.54) is 10.5 Å². The maximum atomic E-state index is 6.12. The third-order valence-corrected chi connectivity index (χ3v) is 4.49. The molecule has 0 saturated carbocycles. The van der Waals surface area contributed by atoms with Crippen LogP contribution >= 0.6 is 39.3 Å². The molecule has 0 aromatic heterocycles. The number of hydrogen-bond acceptors (Lipinski definition) is 3. The molecule has 5 heteroatoms. The summed E-state index contributed by atoms with van der Waals surface area (Å²) >= 11 is 11.3. The van der Waals surface area contributed by atoms with Crippen molar-refractivity contribution in [2.75, 3.05) is 18.2 Å². The van der Waals surface area contributed by atoms with E-state index in [4.69, 9.17) is 16.3 Å². The molecule has 0 aliphatic heterocycles. The van der Waals surface area contributed by atoms with E-state index in [9.17, 15) is 0 Å². The zero-order chi connectivity index (χ0) is 15.2. The average Bonchev–Trinajstić information content (AvgIpc) is 2.48. The van der Waals surface area contributed by atoms with Gasteiger partial charge in [-0.2, -0.15) is 0 Å². The van der Waals surface area contributed by atoms with Gasteiger partial charge in [0.1, 0.15) is 0 Å². The molecule has 1 N–H and O–H groups in total. The zero-order valence-electron chi connectivity index (χ0n) is 12.0. The van der Waals surface area contributed by atoms with E-state index in [1.807, 2.05) is 19.1 Å². The van der Waals surface area contributed by atoms with Gasteiger partial charge < -0.3 is 10.1 Å². The summed E-state index contributed by atoms with van der Waals surface area (Å²) in [5.74, 6) is 0.794. The predicted molar refractivity (Wildman–Crippen MR) is 95.9 cm³/mol. The SMILES string of the molecule is CCOc1c(Br)cc(Cl)cc1NCc1ccc(SC)cc1. The van der Waals surface area contributed by atoms with Crippen LogP contribution in [0.25, 0.3) is 0 Å². The van der Waals surface area contributed by atoms with Crippen molar-refractivity contribution in [1.29, 1.82) is 0 Å². The van der Waals surface area contributed by atoms with Gasteiger partial charge in [-0.25, -0.2) is 0 Å². The Balaban J connectivity index is 2.14. The Morgan fingerprint density at radius 3 is 2.57 bits per heavy atom. The lowest BCUT2D eigenvalue weighted by Gasteiger charge is -2.15. The molecule has 2 aromatic rings. The molecule has 2 aromatic carbocycles. The molecule has 2 rings (SSSR count). The predicted octanol–water partition coefficient (Wildman–Crippen LogP) is 5.84. The van der Waals surface area contributed by atoms with E-state index in [-0.39, 0.29) is 0 Å². The van der Waals surface area contributed by atoms with Crippen LogP contribution in [-0.2, 0) is 6.54 Å². The fourth-order valence-electron chi connectivity index (χ4n) is 1.92. The molecule has 2 nitrogen and oxygen atoms in total. The van der Waals surface area contributed by atoms with Gasteiger partial charge in [-0.1, -0.05) is 23.7 Å². The Hall–Kier alpha value is -0.840. The first-order valence-corrected chi connectivity index (χ1v) is 9.02. The van der Waals surface area contributed by atoms with Crippen LogP contribution in [0.4, 0.5) is 5.69 Å². The minimum absolute atomic E-state index is 0.608. The van der Waals surface area contributed by atoms with E-state index in [0.717, 1.165) is 22.5 Å². The van der Waals surface area contributed by atoms with Crippen molar-refractivity contribution < 1.29 is 4.74 Å². The zero-order valence-corrected chi connectivity index (χ0v) is 15.1. The van der Waals surface area contributed by atoms with Crippen LogP contribution in [0.15, 0.2) is 45.8 Å². The maximum Gasteiger partial charge on any atom is 0.156 e. The third kappa shape index (κ3) is 4.56. The van der Waals surface area contributed by atoms with Crippen molar-refractivity contribution in [2.45, 2.75) is 18.4 Å². The molecule has 0 unspecified atom stereocenters. The fourth-order valence-corrected chi connectivity index (χ4v) is 3.26. The second-order valence-electron chi connectivity index (χ2n) is 4.40. The normalized spacial score (nSPS) is 10.5. The van der Waals surface area contributed by atoms with E-state index in [0.29, 0.717) is 11.6 Å². The minimum atomic E-state index is 0.608. The number of anilines is 1. The van der Waals surface area contributed by atoms with E-state index >= 15 is 0 Å². The van der Waals surface area contributed by atoms with E-state index < -0.39 is 0 Å². The quantitative estimate of drug-likeness (QED) is 0.631. The summed E-state index contributed by atoms with van der Waals surface area (Å²) in [7, 11) is 0. The van der Waals surface area contributed by atoms with E-state index in [1.54, 1.807) is 11.8 Å². The van der Waals surface area contributed by atoms with Crippen LogP contribution in [-0.4, -0.2) is 12.9 Å². The summed E-state index contributed by atoms with van der Waals surface area (Å²) in [6, 6.07) is 12.2. The first-order valence-electron chi connectivity index (χ1n) is 6.62. The first-order chi connectivity index (χ1) is 10.1. The second-order valence-corrected chi connectivity index (χ2v) is 6.57. The van der Waals surface area contributed by atoms with Crippen molar-refractivity contribution in [3.63, 3.8) is 0 Å². The van der Waals surface area contributed by atoms with Crippen LogP contribution in [0.2, 0.25) is 5.02 Å². The average molecular weight is 387 g/mol. The van der Waals surface area contributed by atoms with Crippen molar-refractivity contribution in [1.82, 2.24) is 0 Å². The number of halogens is 2. The topological polar surface area (TPSA) is 21.3 Å². The lowest BCUT2D eigenvalue weighted by Crippen LogP contribution is -2.03. The Kier molecular flexibility index (Phi) is 6.27. The van der Waals surface area contributed by atoms with Gasteiger partial charge in [-0.3, -0.25) is 0 Å². The Bertz CT molecular complexity index is 604. The summed E-state index contributed by atoms with van der Waals surface area (Å²) in [6.07, 6.45) is 2.07. The summed E-state index contributed by atoms with van der Waals surface area (Å²) in [6.45, 7) is 3.30. The number of thioether (sulfide) groups is 1. The fraction of sp³-hybridized carbons (Fsp3) is 0.250.